The molecule has 0 radical (unpaired) electrons. The van der Waals surface area contributed by atoms with E-state index >= 15 is 0 Å². The molecule has 4 nitrogen and oxygen atoms in total. The lowest BCUT2D eigenvalue weighted by atomic mass is 10.2. The lowest BCUT2D eigenvalue weighted by Crippen LogP contribution is -2.44. The third kappa shape index (κ3) is 4.29. The molecule has 0 aliphatic carbocycles. The first kappa shape index (κ1) is 16.5. The van der Waals surface area contributed by atoms with Crippen LogP contribution < -0.4 is 10.6 Å². The Bertz CT molecular complexity index is 676. The minimum absolute atomic E-state index is 0.00537. The molecule has 2 N–H and O–H groups in total. The van der Waals surface area contributed by atoms with Crippen LogP contribution in [0.2, 0.25) is 5.02 Å². The topological polar surface area (TPSA) is 58.2 Å². The summed E-state index contributed by atoms with van der Waals surface area (Å²) in [5, 5.41) is 7.07. The first-order valence-corrected chi connectivity index (χ1v) is 7.79. The van der Waals surface area contributed by atoms with Gasteiger partial charge in [-0.3, -0.25) is 9.59 Å². The van der Waals surface area contributed by atoms with Crippen molar-refractivity contribution < 1.29 is 14.0 Å². The number of halogens is 2. The number of nitrogens with one attached hydrogen (secondary N) is 2. The molecule has 7 heteroatoms. The van der Waals surface area contributed by atoms with Gasteiger partial charge in [0.15, 0.2) is 0 Å². The number of carbonyl (C=O) groups is 2. The van der Waals surface area contributed by atoms with Crippen LogP contribution in [-0.2, 0) is 11.3 Å². The molecule has 0 fully saturated rings. The molecular formula is C15H14ClFN2O2S. The monoisotopic (exact) mass is 340 g/mol. The quantitative estimate of drug-likeness (QED) is 0.879. The van der Waals surface area contributed by atoms with Crippen LogP contribution >= 0.6 is 22.9 Å². The number of hydrogen-bond donors (Lipinski definition) is 2. The largest absolute Gasteiger partial charge is 0.350 e. The van der Waals surface area contributed by atoms with E-state index in [0.717, 1.165) is 0 Å². The molecule has 22 heavy (non-hydrogen) atoms. The van der Waals surface area contributed by atoms with Gasteiger partial charge in [-0.2, -0.15) is 0 Å². The zero-order valence-corrected chi connectivity index (χ0v) is 13.3. The zero-order valence-electron chi connectivity index (χ0n) is 11.7. The predicted octanol–water partition coefficient (Wildman–Crippen LogP) is 2.98. The van der Waals surface area contributed by atoms with E-state index in [2.05, 4.69) is 10.6 Å². The van der Waals surface area contributed by atoms with Crippen LogP contribution in [0.1, 0.15) is 22.2 Å². The minimum Gasteiger partial charge on any atom is -0.350 e. The summed E-state index contributed by atoms with van der Waals surface area (Å²) in [5.41, 5.74) is 0.677. The second-order valence-electron chi connectivity index (χ2n) is 4.64. The molecule has 0 saturated carbocycles. The van der Waals surface area contributed by atoms with Gasteiger partial charge in [0.2, 0.25) is 5.91 Å². The van der Waals surface area contributed by atoms with E-state index in [1.54, 1.807) is 24.4 Å². The van der Waals surface area contributed by atoms with E-state index in [9.17, 15) is 14.0 Å². The SMILES string of the molecule is CC(NC(=O)c1cccs1)C(=O)NCc1ccc(F)c(Cl)c1. The van der Waals surface area contributed by atoms with Crippen molar-refractivity contribution in [1.29, 1.82) is 0 Å². The van der Waals surface area contributed by atoms with Gasteiger partial charge in [0.25, 0.3) is 5.91 Å². The van der Waals surface area contributed by atoms with Crippen LogP contribution in [0, 0.1) is 5.82 Å². The fourth-order valence-electron chi connectivity index (χ4n) is 1.73. The maximum atomic E-state index is 13.0. The van der Waals surface area contributed by atoms with Crippen LogP contribution in [-0.4, -0.2) is 17.9 Å². The molecule has 0 saturated heterocycles. The Morgan fingerprint density at radius 1 is 1.36 bits per heavy atom. The van der Waals surface area contributed by atoms with E-state index in [0.29, 0.717) is 10.4 Å². The van der Waals surface area contributed by atoms with Crippen LogP contribution in [0.4, 0.5) is 4.39 Å². The van der Waals surface area contributed by atoms with Crippen LogP contribution in [0.5, 0.6) is 0 Å². The van der Waals surface area contributed by atoms with Crippen molar-refractivity contribution in [1.82, 2.24) is 10.6 Å². The van der Waals surface area contributed by atoms with Crippen molar-refractivity contribution in [3.05, 3.63) is 57.0 Å². The molecule has 0 bridgehead atoms. The Morgan fingerprint density at radius 3 is 2.77 bits per heavy atom. The lowest BCUT2D eigenvalue weighted by molar-refractivity contribution is -0.122. The highest BCUT2D eigenvalue weighted by atomic mass is 35.5. The van der Waals surface area contributed by atoms with Crippen molar-refractivity contribution in [3.8, 4) is 0 Å². The average molecular weight is 341 g/mol. The highest BCUT2D eigenvalue weighted by Crippen LogP contribution is 2.15. The lowest BCUT2D eigenvalue weighted by Gasteiger charge is -2.13. The van der Waals surface area contributed by atoms with Crippen molar-refractivity contribution in [2.45, 2.75) is 19.5 Å². The van der Waals surface area contributed by atoms with Gasteiger partial charge >= 0.3 is 0 Å². The number of amides is 2. The van der Waals surface area contributed by atoms with Crippen molar-refractivity contribution >= 4 is 34.8 Å². The number of rotatable bonds is 5. The summed E-state index contributed by atoms with van der Waals surface area (Å²) in [5.74, 6) is -1.12. The fourth-order valence-corrected chi connectivity index (χ4v) is 2.56. The molecule has 1 atom stereocenters. The molecule has 0 aliphatic rings. The van der Waals surface area contributed by atoms with E-state index in [1.165, 1.54) is 29.5 Å². The normalized spacial score (nSPS) is 11.8. The highest BCUT2D eigenvalue weighted by molar-refractivity contribution is 7.12. The summed E-state index contributed by atoms with van der Waals surface area (Å²) in [7, 11) is 0. The predicted molar refractivity (Wildman–Crippen MR) is 84.5 cm³/mol. The third-order valence-electron chi connectivity index (χ3n) is 2.94. The van der Waals surface area contributed by atoms with Crippen molar-refractivity contribution in [2.75, 3.05) is 0 Å². The molecule has 0 spiro atoms. The van der Waals surface area contributed by atoms with E-state index in [1.807, 2.05) is 0 Å². The van der Waals surface area contributed by atoms with E-state index < -0.39 is 11.9 Å². The summed E-state index contributed by atoms with van der Waals surface area (Å²) in [6, 6.07) is 7.01. The molecule has 2 rings (SSSR count). The van der Waals surface area contributed by atoms with Crippen LogP contribution in [0.3, 0.4) is 0 Å². The number of carbonyl (C=O) groups excluding carboxylic acids is 2. The van der Waals surface area contributed by atoms with Crippen LogP contribution in [0.15, 0.2) is 35.7 Å². The van der Waals surface area contributed by atoms with Gasteiger partial charge in [-0.15, -0.1) is 11.3 Å². The summed E-state index contributed by atoms with van der Waals surface area (Å²) in [6.45, 7) is 1.80. The smallest absolute Gasteiger partial charge is 0.261 e. The van der Waals surface area contributed by atoms with E-state index in [4.69, 9.17) is 11.6 Å². The summed E-state index contributed by atoms with van der Waals surface area (Å²) in [4.78, 5) is 24.3. The second-order valence-corrected chi connectivity index (χ2v) is 5.99. The Kier molecular flexibility index (Phi) is 5.51. The maximum Gasteiger partial charge on any atom is 0.261 e. The molecule has 1 unspecified atom stereocenters. The zero-order chi connectivity index (χ0) is 16.1. The second kappa shape index (κ2) is 7.38. The van der Waals surface area contributed by atoms with Gasteiger partial charge in [0.05, 0.1) is 9.90 Å². The summed E-state index contributed by atoms with van der Waals surface area (Å²) < 4.78 is 13.0. The highest BCUT2D eigenvalue weighted by Gasteiger charge is 2.16. The van der Waals surface area contributed by atoms with Gasteiger partial charge in [0, 0.05) is 6.54 Å². The van der Waals surface area contributed by atoms with Gasteiger partial charge < -0.3 is 10.6 Å². The minimum atomic E-state index is -0.675. The van der Waals surface area contributed by atoms with Gasteiger partial charge in [0.1, 0.15) is 11.9 Å². The summed E-state index contributed by atoms with van der Waals surface area (Å²) >= 11 is 6.98. The van der Waals surface area contributed by atoms with Gasteiger partial charge in [-0.1, -0.05) is 23.7 Å². The molecule has 2 aromatic rings. The number of thiophene rings is 1. The molecule has 1 aromatic heterocycles. The molecule has 0 aliphatic heterocycles. The molecule has 1 heterocycles. The van der Waals surface area contributed by atoms with E-state index in [-0.39, 0.29) is 23.4 Å². The van der Waals surface area contributed by atoms with Crippen LogP contribution in [0.25, 0.3) is 0 Å². The number of hydrogen-bond acceptors (Lipinski definition) is 3. The third-order valence-corrected chi connectivity index (χ3v) is 4.09. The van der Waals surface area contributed by atoms with Gasteiger partial charge in [-0.25, -0.2) is 4.39 Å². The van der Waals surface area contributed by atoms with Crippen molar-refractivity contribution in [2.24, 2.45) is 0 Å². The molecule has 116 valence electrons. The first-order chi connectivity index (χ1) is 10.5. The summed E-state index contributed by atoms with van der Waals surface area (Å²) in [6.07, 6.45) is 0. The Balaban J connectivity index is 1.86. The Morgan fingerprint density at radius 2 is 2.14 bits per heavy atom. The maximum absolute atomic E-state index is 13.0. The molecule has 1 aromatic carbocycles. The van der Waals surface area contributed by atoms with Gasteiger partial charge in [-0.05, 0) is 36.1 Å². The fraction of sp³-hybridized carbons (Fsp3) is 0.200. The number of benzene rings is 1. The first-order valence-electron chi connectivity index (χ1n) is 6.53. The standard InChI is InChI=1S/C15H14ClFN2O2S/c1-9(19-15(21)13-3-2-6-22-13)14(20)18-8-10-4-5-12(17)11(16)7-10/h2-7,9H,8H2,1H3,(H,18,20)(H,19,21). The average Bonchev–Trinajstić information content (AvgIpc) is 3.02. The Hall–Kier alpha value is -1.92. The Labute approximate surface area is 136 Å². The molecule has 2 amide bonds. The van der Waals surface area contributed by atoms with Crippen molar-refractivity contribution in [3.63, 3.8) is 0 Å². The molecular weight excluding hydrogens is 327 g/mol.